The Bertz CT molecular complexity index is 828. The first kappa shape index (κ1) is 17.3. The Balaban J connectivity index is 1.71. The number of para-hydroxylation sites is 1. The SMILES string of the molecule is C=C[C@H]1CN2CCc3c([nH]c4ccccc34)[C@@H]2C[C@@H]1[C@@H](CO)C(=O)OC. The van der Waals surface area contributed by atoms with Gasteiger partial charge in [0.05, 0.1) is 25.7 Å². The molecule has 5 nitrogen and oxygen atoms in total. The van der Waals surface area contributed by atoms with E-state index < -0.39 is 5.92 Å². The molecule has 0 amide bonds. The summed E-state index contributed by atoms with van der Waals surface area (Å²) < 4.78 is 4.95. The number of esters is 1. The number of benzene rings is 1. The van der Waals surface area contributed by atoms with E-state index in [0.29, 0.717) is 0 Å². The van der Waals surface area contributed by atoms with Crippen molar-refractivity contribution in [3.05, 3.63) is 48.2 Å². The van der Waals surface area contributed by atoms with Gasteiger partial charge in [0, 0.05) is 29.7 Å². The number of nitrogens with zero attached hydrogens (tertiary/aromatic N) is 1. The van der Waals surface area contributed by atoms with Crippen LogP contribution >= 0.6 is 0 Å². The predicted octanol–water partition coefficient (Wildman–Crippen LogP) is 2.67. The fourth-order valence-corrected chi connectivity index (χ4v) is 4.94. The van der Waals surface area contributed by atoms with Crippen LogP contribution in [0.25, 0.3) is 10.9 Å². The number of aromatic amines is 1. The Hall–Kier alpha value is -2.11. The minimum Gasteiger partial charge on any atom is -0.469 e. The van der Waals surface area contributed by atoms with Crippen LogP contribution in [-0.2, 0) is 16.0 Å². The molecule has 0 unspecified atom stereocenters. The zero-order valence-electron chi connectivity index (χ0n) is 15.1. The summed E-state index contributed by atoms with van der Waals surface area (Å²) in [7, 11) is 1.39. The normalized spacial score (nSPS) is 26.8. The van der Waals surface area contributed by atoms with E-state index >= 15 is 0 Å². The summed E-state index contributed by atoms with van der Waals surface area (Å²) in [5.74, 6) is -0.623. The summed E-state index contributed by atoms with van der Waals surface area (Å²) >= 11 is 0. The molecule has 1 aromatic carbocycles. The molecule has 4 rings (SSSR count). The lowest BCUT2D eigenvalue weighted by atomic mass is 9.72. The number of carbonyl (C=O) groups excluding carboxylic acids is 1. The molecule has 2 aliphatic rings. The molecule has 2 aliphatic heterocycles. The van der Waals surface area contributed by atoms with Crippen LogP contribution in [-0.4, -0.2) is 47.8 Å². The summed E-state index contributed by atoms with van der Waals surface area (Å²) in [6, 6.07) is 8.68. The van der Waals surface area contributed by atoms with Crippen LogP contribution in [0.5, 0.6) is 0 Å². The molecule has 5 heteroatoms. The minimum atomic E-state index is -0.500. The van der Waals surface area contributed by atoms with Gasteiger partial charge in [-0.05, 0) is 36.3 Å². The molecule has 0 bridgehead atoms. The number of hydrogen-bond donors (Lipinski definition) is 2. The summed E-state index contributed by atoms with van der Waals surface area (Å²) in [5.41, 5.74) is 3.84. The number of H-pyrrole nitrogens is 1. The van der Waals surface area contributed by atoms with Crippen LogP contribution in [0, 0.1) is 17.8 Å². The largest absolute Gasteiger partial charge is 0.469 e. The highest BCUT2D eigenvalue weighted by Crippen LogP contribution is 2.45. The lowest BCUT2D eigenvalue weighted by Crippen LogP contribution is -2.48. The van der Waals surface area contributed by atoms with Crippen molar-refractivity contribution in [2.45, 2.75) is 18.9 Å². The van der Waals surface area contributed by atoms with Crippen molar-refractivity contribution in [3.8, 4) is 0 Å². The lowest BCUT2D eigenvalue weighted by molar-refractivity contribution is -0.151. The third-order valence-corrected chi connectivity index (χ3v) is 6.28. The van der Waals surface area contributed by atoms with Gasteiger partial charge in [0.25, 0.3) is 0 Å². The van der Waals surface area contributed by atoms with Crippen LogP contribution in [0.4, 0.5) is 0 Å². The molecule has 2 N–H and O–H groups in total. The summed E-state index contributed by atoms with van der Waals surface area (Å²) in [6.07, 6.45) is 3.79. The molecule has 3 heterocycles. The highest BCUT2D eigenvalue weighted by molar-refractivity contribution is 5.85. The molecule has 4 atom stereocenters. The number of nitrogens with one attached hydrogen (secondary N) is 1. The Morgan fingerprint density at radius 1 is 1.50 bits per heavy atom. The maximum atomic E-state index is 12.2. The van der Waals surface area contributed by atoms with E-state index in [1.54, 1.807) is 0 Å². The average molecular weight is 354 g/mol. The van der Waals surface area contributed by atoms with Crippen molar-refractivity contribution >= 4 is 16.9 Å². The molecular formula is C21H26N2O3. The number of piperidine rings is 1. The quantitative estimate of drug-likeness (QED) is 0.654. The van der Waals surface area contributed by atoms with E-state index in [0.717, 1.165) is 25.9 Å². The van der Waals surface area contributed by atoms with Gasteiger partial charge >= 0.3 is 5.97 Å². The molecule has 2 aromatic rings. The second kappa shape index (κ2) is 6.89. The zero-order chi connectivity index (χ0) is 18.3. The van der Waals surface area contributed by atoms with E-state index in [2.05, 4.69) is 40.7 Å². The number of rotatable bonds is 4. The fourth-order valence-electron chi connectivity index (χ4n) is 4.94. The van der Waals surface area contributed by atoms with Crippen LogP contribution in [0.15, 0.2) is 36.9 Å². The Labute approximate surface area is 153 Å². The van der Waals surface area contributed by atoms with Gasteiger partial charge < -0.3 is 14.8 Å². The van der Waals surface area contributed by atoms with Crippen molar-refractivity contribution in [3.63, 3.8) is 0 Å². The molecule has 0 saturated carbocycles. The molecule has 0 aliphatic carbocycles. The van der Waals surface area contributed by atoms with Gasteiger partial charge in [-0.3, -0.25) is 9.69 Å². The van der Waals surface area contributed by atoms with E-state index in [1.165, 1.54) is 29.3 Å². The molecule has 1 aromatic heterocycles. The van der Waals surface area contributed by atoms with Crippen molar-refractivity contribution in [2.75, 3.05) is 26.8 Å². The van der Waals surface area contributed by atoms with Gasteiger partial charge in [0.15, 0.2) is 0 Å². The number of hydrogen-bond acceptors (Lipinski definition) is 4. The number of aromatic nitrogens is 1. The summed E-state index contributed by atoms with van der Waals surface area (Å²) in [4.78, 5) is 18.3. The molecule has 26 heavy (non-hydrogen) atoms. The van der Waals surface area contributed by atoms with Crippen molar-refractivity contribution in [1.29, 1.82) is 0 Å². The summed E-state index contributed by atoms with van der Waals surface area (Å²) in [5, 5.41) is 11.1. The Morgan fingerprint density at radius 2 is 2.31 bits per heavy atom. The van der Waals surface area contributed by atoms with Gasteiger partial charge in [0.2, 0.25) is 0 Å². The van der Waals surface area contributed by atoms with Gasteiger partial charge in [-0.15, -0.1) is 6.58 Å². The maximum Gasteiger partial charge on any atom is 0.311 e. The Morgan fingerprint density at radius 3 is 3.04 bits per heavy atom. The first-order valence-corrected chi connectivity index (χ1v) is 9.32. The zero-order valence-corrected chi connectivity index (χ0v) is 15.1. The monoisotopic (exact) mass is 354 g/mol. The highest BCUT2D eigenvalue weighted by atomic mass is 16.5. The molecule has 0 spiro atoms. The Kier molecular flexibility index (Phi) is 4.59. The average Bonchev–Trinajstić information content (AvgIpc) is 3.07. The molecular weight excluding hydrogens is 328 g/mol. The standard InChI is InChI=1S/C21H26N2O3/c1-3-13-11-23-9-8-15-14-6-4-5-7-18(14)22-20(15)19(23)10-16(13)17(12-24)21(25)26-2/h3-7,13,16-17,19,22,24H,1,8-12H2,2H3/t13-,16-,17+,19-/m0/s1. The van der Waals surface area contributed by atoms with Crippen LogP contribution in [0.1, 0.15) is 23.7 Å². The molecule has 1 saturated heterocycles. The first-order valence-electron chi connectivity index (χ1n) is 9.32. The van der Waals surface area contributed by atoms with Crippen LogP contribution in [0.2, 0.25) is 0 Å². The minimum absolute atomic E-state index is 0.0311. The predicted molar refractivity (Wildman–Crippen MR) is 101 cm³/mol. The fraction of sp³-hybridized carbons (Fsp3) is 0.476. The van der Waals surface area contributed by atoms with Crippen molar-refractivity contribution < 1.29 is 14.6 Å². The molecule has 1 fully saturated rings. The first-order chi connectivity index (χ1) is 12.7. The van der Waals surface area contributed by atoms with E-state index in [9.17, 15) is 9.90 Å². The third-order valence-electron chi connectivity index (χ3n) is 6.28. The molecule has 138 valence electrons. The lowest BCUT2D eigenvalue weighted by Gasteiger charge is -2.47. The van der Waals surface area contributed by atoms with Gasteiger partial charge in [0.1, 0.15) is 0 Å². The number of aliphatic hydroxyl groups excluding tert-OH is 1. The van der Waals surface area contributed by atoms with E-state index in [1.807, 2.05) is 6.08 Å². The highest BCUT2D eigenvalue weighted by Gasteiger charge is 2.43. The number of carbonyl (C=O) groups is 1. The van der Waals surface area contributed by atoms with E-state index in [4.69, 9.17) is 4.74 Å². The molecule has 0 radical (unpaired) electrons. The number of aliphatic hydroxyl groups is 1. The number of methoxy groups -OCH3 is 1. The van der Waals surface area contributed by atoms with Gasteiger partial charge in [-0.25, -0.2) is 0 Å². The smallest absolute Gasteiger partial charge is 0.311 e. The number of fused-ring (bicyclic) bond motifs is 5. The third kappa shape index (κ3) is 2.66. The van der Waals surface area contributed by atoms with Crippen molar-refractivity contribution in [1.82, 2.24) is 9.88 Å². The number of ether oxygens (including phenoxy) is 1. The maximum absolute atomic E-state index is 12.2. The van der Waals surface area contributed by atoms with Gasteiger partial charge in [-0.2, -0.15) is 0 Å². The van der Waals surface area contributed by atoms with Crippen molar-refractivity contribution in [2.24, 2.45) is 17.8 Å². The van der Waals surface area contributed by atoms with Gasteiger partial charge in [-0.1, -0.05) is 24.3 Å². The second-order valence-electron chi connectivity index (χ2n) is 7.43. The van der Waals surface area contributed by atoms with Crippen LogP contribution < -0.4 is 0 Å². The van der Waals surface area contributed by atoms with Crippen LogP contribution in [0.3, 0.4) is 0 Å². The topological polar surface area (TPSA) is 65.6 Å². The van der Waals surface area contributed by atoms with E-state index in [-0.39, 0.29) is 30.5 Å². The summed E-state index contributed by atoms with van der Waals surface area (Å²) in [6.45, 7) is 5.67. The second-order valence-corrected chi connectivity index (χ2v) is 7.43.